The molecule has 0 saturated carbocycles. The number of aliphatic hydroxyl groups excluding tert-OH is 1. The molecular formula is C14H31NO2. The molecule has 0 bridgehead atoms. The molecule has 17 heavy (non-hydrogen) atoms. The van der Waals surface area contributed by atoms with Crippen molar-refractivity contribution in [3.8, 4) is 0 Å². The van der Waals surface area contributed by atoms with E-state index in [4.69, 9.17) is 10.5 Å². The van der Waals surface area contributed by atoms with Gasteiger partial charge in [0.25, 0.3) is 0 Å². The first-order valence-corrected chi connectivity index (χ1v) is 6.91. The van der Waals surface area contributed by atoms with Gasteiger partial charge in [-0.3, -0.25) is 0 Å². The van der Waals surface area contributed by atoms with Crippen molar-refractivity contribution in [2.45, 2.75) is 71.9 Å². The fourth-order valence-corrected chi connectivity index (χ4v) is 1.77. The molecule has 2 atom stereocenters. The van der Waals surface area contributed by atoms with Crippen LogP contribution in [-0.4, -0.2) is 30.5 Å². The molecule has 0 amide bonds. The van der Waals surface area contributed by atoms with Crippen LogP contribution in [0.15, 0.2) is 0 Å². The Morgan fingerprint density at radius 2 is 1.71 bits per heavy atom. The van der Waals surface area contributed by atoms with Gasteiger partial charge in [0.2, 0.25) is 0 Å². The first kappa shape index (κ1) is 16.9. The van der Waals surface area contributed by atoms with Gasteiger partial charge in [-0.15, -0.1) is 0 Å². The summed E-state index contributed by atoms with van der Waals surface area (Å²) in [4.78, 5) is 0. The molecule has 3 N–H and O–H groups in total. The standard InChI is InChI=1S/C14H31NO2/c1-5-6-7-8-9-10-17-12(11-16)13(15)14(2,3)4/h12-13,16H,5-11,15H2,1-4H3. The van der Waals surface area contributed by atoms with Crippen LogP contribution in [0.2, 0.25) is 0 Å². The lowest BCUT2D eigenvalue weighted by Crippen LogP contribution is -2.48. The topological polar surface area (TPSA) is 55.5 Å². The summed E-state index contributed by atoms with van der Waals surface area (Å²) in [6, 6.07) is -0.122. The first-order chi connectivity index (χ1) is 7.93. The van der Waals surface area contributed by atoms with Crippen molar-refractivity contribution in [1.82, 2.24) is 0 Å². The third-order valence-corrected chi connectivity index (χ3v) is 3.16. The van der Waals surface area contributed by atoms with E-state index in [0.29, 0.717) is 6.61 Å². The summed E-state index contributed by atoms with van der Waals surface area (Å²) >= 11 is 0. The second-order valence-electron chi connectivity index (χ2n) is 5.90. The highest BCUT2D eigenvalue weighted by molar-refractivity contribution is 4.84. The van der Waals surface area contributed by atoms with Gasteiger partial charge in [0, 0.05) is 12.6 Å². The maximum Gasteiger partial charge on any atom is 0.0961 e. The van der Waals surface area contributed by atoms with E-state index >= 15 is 0 Å². The number of ether oxygens (including phenoxy) is 1. The Hall–Kier alpha value is -0.120. The zero-order valence-corrected chi connectivity index (χ0v) is 12.0. The molecule has 3 nitrogen and oxygen atoms in total. The molecule has 0 aromatic rings. The van der Waals surface area contributed by atoms with E-state index < -0.39 is 0 Å². The smallest absolute Gasteiger partial charge is 0.0961 e. The van der Waals surface area contributed by atoms with Crippen molar-refractivity contribution in [3.05, 3.63) is 0 Å². The van der Waals surface area contributed by atoms with E-state index in [9.17, 15) is 5.11 Å². The van der Waals surface area contributed by atoms with Crippen molar-refractivity contribution >= 4 is 0 Å². The molecule has 0 aliphatic heterocycles. The van der Waals surface area contributed by atoms with Gasteiger partial charge in [-0.25, -0.2) is 0 Å². The monoisotopic (exact) mass is 245 g/mol. The van der Waals surface area contributed by atoms with Gasteiger partial charge >= 0.3 is 0 Å². The summed E-state index contributed by atoms with van der Waals surface area (Å²) in [5.41, 5.74) is 6.05. The summed E-state index contributed by atoms with van der Waals surface area (Å²) in [5, 5.41) is 9.30. The molecule has 0 aliphatic carbocycles. The van der Waals surface area contributed by atoms with Gasteiger partial charge in [0.15, 0.2) is 0 Å². The zero-order valence-electron chi connectivity index (χ0n) is 12.0. The largest absolute Gasteiger partial charge is 0.394 e. The van der Waals surface area contributed by atoms with Crippen LogP contribution in [0.25, 0.3) is 0 Å². The summed E-state index contributed by atoms with van der Waals surface area (Å²) < 4.78 is 5.68. The highest BCUT2D eigenvalue weighted by atomic mass is 16.5. The second-order valence-corrected chi connectivity index (χ2v) is 5.90. The van der Waals surface area contributed by atoms with Gasteiger partial charge in [-0.2, -0.15) is 0 Å². The lowest BCUT2D eigenvalue weighted by atomic mass is 9.84. The number of rotatable bonds is 9. The van der Waals surface area contributed by atoms with Gasteiger partial charge in [-0.1, -0.05) is 53.4 Å². The minimum absolute atomic E-state index is 0.00734. The van der Waals surface area contributed by atoms with Crippen LogP contribution in [0.5, 0.6) is 0 Å². The first-order valence-electron chi connectivity index (χ1n) is 6.91. The van der Waals surface area contributed by atoms with Gasteiger partial charge < -0.3 is 15.6 Å². The average Bonchev–Trinajstić information content (AvgIpc) is 2.26. The minimum Gasteiger partial charge on any atom is -0.394 e. The summed E-state index contributed by atoms with van der Waals surface area (Å²) in [5.74, 6) is 0. The third-order valence-electron chi connectivity index (χ3n) is 3.16. The molecule has 0 aliphatic rings. The Morgan fingerprint density at radius 1 is 1.12 bits per heavy atom. The summed E-state index contributed by atoms with van der Waals surface area (Å²) in [7, 11) is 0. The molecule has 104 valence electrons. The molecule has 0 aromatic heterocycles. The summed E-state index contributed by atoms with van der Waals surface area (Å²) in [6.45, 7) is 9.15. The fourth-order valence-electron chi connectivity index (χ4n) is 1.77. The molecular weight excluding hydrogens is 214 g/mol. The SMILES string of the molecule is CCCCCCCOC(CO)C(N)C(C)(C)C. The maximum absolute atomic E-state index is 9.30. The van der Waals surface area contributed by atoms with E-state index in [1.807, 2.05) is 0 Å². The zero-order chi connectivity index (χ0) is 13.3. The van der Waals surface area contributed by atoms with E-state index in [1.165, 1.54) is 25.7 Å². The molecule has 2 unspecified atom stereocenters. The predicted molar refractivity (Wildman–Crippen MR) is 73.0 cm³/mol. The van der Waals surface area contributed by atoms with Crippen LogP contribution in [0.4, 0.5) is 0 Å². The van der Waals surface area contributed by atoms with E-state index in [2.05, 4.69) is 27.7 Å². The number of nitrogens with two attached hydrogens (primary N) is 1. The van der Waals surface area contributed by atoms with E-state index in [1.54, 1.807) is 0 Å². The quantitative estimate of drug-likeness (QED) is 0.614. The number of hydrogen-bond acceptors (Lipinski definition) is 3. The fraction of sp³-hybridized carbons (Fsp3) is 1.00. The Labute approximate surface area is 107 Å². The molecule has 0 rings (SSSR count). The highest BCUT2D eigenvalue weighted by Crippen LogP contribution is 2.21. The van der Waals surface area contributed by atoms with Crippen LogP contribution in [-0.2, 0) is 4.74 Å². The van der Waals surface area contributed by atoms with Gasteiger partial charge in [0.1, 0.15) is 0 Å². The van der Waals surface area contributed by atoms with Crippen LogP contribution in [0, 0.1) is 5.41 Å². The molecule has 0 heterocycles. The van der Waals surface area contributed by atoms with Crippen LogP contribution >= 0.6 is 0 Å². The average molecular weight is 245 g/mol. The predicted octanol–water partition coefficient (Wildman–Crippen LogP) is 2.71. The van der Waals surface area contributed by atoms with Crippen molar-refractivity contribution in [1.29, 1.82) is 0 Å². The van der Waals surface area contributed by atoms with Crippen molar-refractivity contribution in [2.24, 2.45) is 11.1 Å². The minimum atomic E-state index is -0.235. The highest BCUT2D eigenvalue weighted by Gasteiger charge is 2.28. The molecule has 0 fully saturated rings. The normalized spacial score (nSPS) is 15.9. The Balaban J connectivity index is 3.75. The van der Waals surface area contributed by atoms with Crippen molar-refractivity contribution < 1.29 is 9.84 Å². The summed E-state index contributed by atoms with van der Waals surface area (Å²) in [6.07, 6.45) is 5.86. The van der Waals surface area contributed by atoms with Gasteiger partial charge in [0.05, 0.1) is 12.7 Å². The Kier molecular flexibility index (Phi) is 8.83. The molecule has 3 heteroatoms. The van der Waals surface area contributed by atoms with Crippen LogP contribution in [0.1, 0.15) is 59.8 Å². The number of aliphatic hydroxyl groups is 1. The molecule has 0 spiro atoms. The van der Waals surface area contributed by atoms with Crippen LogP contribution < -0.4 is 5.73 Å². The lowest BCUT2D eigenvalue weighted by molar-refractivity contribution is -0.0255. The van der Waals surface area contributed by atoms with Gasteiger partial charge in [-0.05, 0) is 11.8 Å². The number of hydrogen-bond donors (Lipinski definition) is 2. The Morgan fingerprint density at radius 3 is 2.18 bits per heavy atom. The molecule has 0 aromatic carbocycles. The van der Waals surface area contributed by atoms with Crippen molar-refractivity contribution in [3.63, 3.8) is 0 Å². The molecule has 0 radical (unpaired) electrons. The lowest BCUT2D eigenvalue weighted by Gasteiger charge is -2.33. The van der Waals surface area contributed by atoms with E-state index in [-0.39, 0.29) is 24.2 Å². The van der Waals surface area contributed by atoms with E-state index in [0.717, 1.165) is 6.42 Å². The molecule has 0 saturated heterocycles. The maximum atomic E-state index is 9.30. The number of unbranched alkanes of at least 4 members (excludes halogenated alkanes) is 4. The second kappa shape index (κ2) is 8.90. The Bertz CT molecular complexity index is 178. The van der Waals surface area contributed by atoms with Crippen LogP contribution in [0.3, 0.4) is 0 Å². The van der Waals surface area contributed by atoms with Crippen molar-refractivity contribution in [2.75, 3.05) is 13.2 Å². The third kappa shape index (κ3) is 7.74.